The number of amides is 1. The Kier molecular flexibility index (Phi) is 14.3. The van der Waals surface area contributed by atoms with E-state index in [4.69, 9.17) is 40.0 Å². The SMILES string of the molecule is CC(=O)N[C@@H](C1O[C@@](O[C@@H]2C(O)[C@H](O[C@@H]3C(CO)O[C@@H](OCCCCl)C(O)[C@H]3O)OC(CO)[C@@H]2O)(C(=O)[O-])C[C@@H](O)[C@H]1C)[C@@H](C)O. The summed E-state index contributed by atoms with van der Waals surface area (Å²) in [5.41, 5.74) is 0. The molecule has 0 saturated carbocycles. The Morgan fingerprint density at radius 1 is 1.00 bits per heavy atom. The summed E-state index contributed by atoms with van der Waals surface area (Å²) in [6.45, 7) is 2.31. The molecular weight excluding hydrogens is 646 g/mol. The average Bonchev–Trinajstić information content (AvgIpc) is 3.00. The van der Waals surface area contributed by atoms with Crippen molar-refractivity contribution in [1.82, 2.24) is 5.32 Å². The van der Waals surface area contributed by atoms with Crippen molar-refractivity contribution in [3.63, 3.8) is 0 Å². The molecule has 3 heterocycles. The third kappa shape index (κ3) is 8.63. The fraction of sp³-hybridized carbons (Fsp3) is 0.926. The molecule has 3 aliphatic rings. The second kappa shape index (κ2) is 16.9. The van der Waals surface area contributed by atoms with Crippen LogP contribution in [-0.2, 0) is 38.0 Å². The van der Waals surface area contributed by atoms with Gasteiger partial charge in [0.05, 0.1) is 44.2 Å². The number of hydrogen-bond acceptors (Lipinski definition) is 17. The van der Waals surface area contributed by atoms with Gasteiger partial charge in [-0.15, -0.1) is 11.6 Å². The lowest BCUT2D eigenvalue weighted by molar-refractivity contribution is -0.411. The molecule has 3 fully saturated rings. The van der Waals surface area contributed by atoms with Crippen LogP contribution in [0.4, 0.5) is 0 Å². The summed E-state index contributed by atoms with van der Waals surface area (Å²) in [6.07, 6.45) is -21.9. The molecule has 19 heteroatoms. The summed E-state index contributed by atoms with van der Waals surface area (Å²) in [5, 5.41) is 99.6. The van der Waals surface area contributed by atoms with Crippen molar-refractivity contribution in [2.75, 3.05) is 25.7 Å². The fourth-order valence-electron chi connectivity index (χ4n) is 5.72. The summed E-state index contributed by atoms with van der Waals surface area (Å²) in [5.74, 6) is -6.15. The first-order chi connectivity index (χ1) is 21.6. The van der Waals surface area contributed by atoms with Crippen molar-refractivity contribution in [3.8, 4) is 0 Å². The molecular formula is C27H45ClNO17-. The third-order valence-corrected chi connectivity index (χ3v) is 8.57. The number of ether oxygens (including phenoxy) is 6. The number of rotatable bonds is 14. The van der Waals surface area contributed by atoms with Gasteiger partial charge in [-0.3, -0.25) is 4.79 Å². The Morgan fingerprint density at radius 2 is 1.63 bits per heavy atom. The zero-order chi connectivity index (χ0) is 34.5. The number of aliphatic hydroxyl groups excluding tert-OH is 8. The average molecular weight is 691 g/mol. The van der Waals surface area contributed by atoms with Crippen LogP contribution in [-0.4, -0.2) is 170 Å². The van der Waals surface area contributed by atoms with E-state index in [2.05, 4.69) is 5.32 Å². The molecule has 3 saturated heterocycles. The van der Waals surface area contributed by atoms with Gasteiger partial charge in [-0.05, 0) is 13.3 Å². The monoisotopic (exact) mass is 690 g/mol. The van der Waals surface area contributed by atoms with E-state index in [0.29, 0.717) is 6.42 Å². The Hall–Kier alpha value is -1.33. The van der Waals surface area contributed by atoms with E-state index < -0.39 is 129 Å². The number of aliphatic hydroxyl groups is 8. The van der Waals surface area contributed by atoms with Crippen molar-refractivity contribution in [1.29, 1.82) is 0 Å². The maximum Gasteiger partial charge on any atom is 0.217 e. The van der Waals surface area contributed by atoms with Crippen LogP contribution in [0.15, 0.2) is 0 Å². The van der Waals surface area contributed by atoms with E-state index >= 15 is 0 Å². The van der Waals surface area contributed by atoms with Crippen LogP contribution < -0.4 is 10.4 Å². The minimum absolute atomic E-state index is 0.0561. The molecule has 268 valence electrons. The molecule has 46 heavy (non-hydrogen) atoms. The van der Waals surface area contributed by atoms with Crippen LogP contribution in [0.3, 0.4) is 0 Å². The zero-order valence-electron chi connectivity index (χ0n) is 25.5. The Labute approximate surface area is 269 Å². The van der Waals surface area contributed by atoms with Crippen molar-refractivity contribution in [2.45, 2.75) is 125 Å². The second-order valence-electron chi connectivity index (χ2n) is 11.7. The van der Waals surface area contributed by atoms with Crippen molar-refractivity contribution < 1.29 is 84.0 Å². The smallest absolute Gasteiger partial charge is 0.217 e. The molecule has 16 atom stereocenters. The molecule has 0 spiro atoms. The minimum Gasteiger partial charge on any atom is -0.544 e. The molecule has 3 aliphatic heterocycles. The maximum absolute atomic E-state index is 12.6. The second-order valence-corrected chi connectivity index (χ2v) is 12.1. The Morgan fingerprint density at radius 3 is 2.17 bits per heavy atom. The molecule has 0 aromatic heterocycles. The number of halogens is 1. The lowest BCUT2D eigenvalue weighted by Gasteiger charge is -2.52. The first-order valence-electron chi connectivity index (χ1n) is 14.9. The van der Waals surface area contributed by atoms with Gasteiger partial charge in [-0.2, -0.15) is 0 Å². The lowest BCUT2D eigenvalue weighted by atomic mass is 9.83. The van der Waals surface area contributed by atoms with Gasteiger partial charge in [0.1, 0.15) is 54.8 Å². The molecule has 0 radical (unpaired) electrons. The highest BCUT2D eigenvalue weighted by molar-refractivity contribution is 6.17. The molecule has 0 bridgehead atoms. The summed E-state index contributed by atoms with van der Waals surface area (Å²) >= 11 is 5.63. The van der Waals surface area contributed by atoms with E-state index in [1.807, 2.05) is 0 Å². The van der Waals surface area contributed by atoms with Crippen LogP contribution >= 0.6 is 11.6 Å². The molecule has 3 rings (SSSR count). The van der Waals surface area contributed by atoms with Gasteiger partial charge < -0.3 is 84.5 Å². The number of carboxylic acids is 1. The molecule has 1 amide bonds. The number of carbonyl (C=O) groups excluding carboxylic acids is 2. The number of nitrogens with one attached hydrogen (secondary N) is 1. The summed E-state index contributed by atoms with van der Waals surface area (Å²) in [7, 11) is 0. The molecule has 0 aliphatic carbocycles. The predicted octanol–water partition coefficient (Wildman–Crippen LogP) is -5.60. The molecule has 5 unspecified atom stereocenters. The normalized spacial score (nSPS) is 43.1. The van der Waals surface area contributed by atoms with E-state index in [-0.39, 0.29) is 12.5 Å². The fourth-order valence-corrected chi connectivity index (χ4v) is 5.82. The van der Waals surface area contributed by atoms with Gasteiger partial charge in [0.25, 0.3) is 0 Å². The predicted molar refractivity (Wildman–Crippen MR) is 148 cm³/mol. The summed E-state index contributed by atoms with van der Waals surface area (Å²) < 4.78 is 33.5. The van der Waals surface area contributed by atoms with Crippen molar-refractivity contribution in [2.24, 2.45) is 5.92 Å². The van der Waals surface area contributed by atoms with Crippen LogP contribution in [0.25, 0.3) is 0 Å². The first-order valence-corrected chi connectivity index (χ1v) is 15.4. The van der Waals surface area contributed by atoms with Gasteiger partial charge in [-0.25, -0.2) is 0 Å². The zero-order valence-corrected chi connectivity index (χ0v) is 26.3. The molecule has 18 nitrogen and oxygen atoms in total. The van der Waals surface area contributed by atoms with E-state index in [9.17, 15) is 55.5 Å². The van der Waals surface area contributed by atoms with E-state index in [1.54, 1.807) is 0 Å². The van der Waals surface area contributed by atoms with Crippen LogP contribution in [0.5, 0.6) is 0 Å². The van der Waals surface area contributed by atoms with Gasteiger partial charge in [0.2, 0.25) is 11.7 Å². The van der Waals surface area contributed by atoms with Crippen LogP contribution in [0.2, 0.25) is 0 Å². The Balaban J connectivity index is 1.89. The molecule has 0 aromatic rings. The van der Waals surface area contributed by atoms with Gasteiger partial charge >= 0.3 is 0 Å². The highest BCUT2D eigenvalue weighted by Gasteiger charge is 2.57. The minimum atomic E-state index is -2.89. The lowest BCUT2D eigenvalue weighted by Crippen LogP contribution is -2.70. The number of alkyl halides is 1. The van der Waals surface area contributed by atoms with Gasteiger partial charge in [0, 0.05) is 25.1 Å². The first kappa shape index (κ1) is 39.1. The standard InChI is InChI=1S/C27H46ClNO17/c1-10-13(34)7-27(26(39)40,45-21(10)16(11(2)32)29-12(3)33)46-23-17(35)14(8-30)42-25(20(23)38)44-22-15(9-31)43-24(19(37)18(22)36)41-6-4-5-28/h10-11,13-25,30-32,34-38H,4-9H2,1-3H3,(H,29,33)(H,39,40)/p-1/t10-,11-,13-,14?,15?,16-,17+,18-,19?,20?,21?,22-,23+,24-,25+,27+/m1/s1. The van der Waals surface area contributed by atoms with Crippen LogP contribution in [0, 0.1) is 5.92 Å². The van der Waals surface area contributed by atoms with Crippen molar-refractivity contribution in [3.05, 3.63) is 0 Å². The summed E-state index contributed by atoms with van der Waals surface area (Å²) in [6, 6.07) is -1.24. The van der Waals surface area contributed by atoms with E-state index in [0.717, 1.165) is 6.92 Å². The highest BCUT2D eigenvalue weighted by Crippen LogP contribution is 2.39. The van der Waals surface area contributed by atoms with Crippen LogP contribution in [0.1, 0.15) is 33.6 Å². The van der Waals surface area contributed by atoms with Gasteiger partial charge in [0.15, 0.2) is 12.6 Å². The largest absolute Gasteiger partial charge is 0.544 e. The quantitative estimate of drug-likeness (QED) is 0.0606. The number of carbonyl (C=O) groups is 2. The van der Waals surface area contributed by atoms with Crippen molar-refractivity contribution >= 4 is 23.5 Å². The topological polar surface area (TPSA) is 286 Å². The number of aliphatic carboxylic acids is 1. The van der Waals surface area contributed by atoms with E-state index in [1.165, 1.54) is 13.8 Å². The molecule has 9 N–H and O–H groups in total. The molecule has 0 aromatic carbocycles. The number of hydrogen-bond donors (Lipinski definition) is 9. The Bertz CT molecular complexity index is 994. The third-order valence-electron chi connectivity index (χ3n) is 8.30. The number of carboxylic acid groups (broad SMARTS) is 1. The maximum atomic E-state index is 12.6. The summed E-state index contributed by atoms with van der Waals surface area (Å²) in [4.78, 5) is 24.4. The highest BCUT2D eigenvalue weighted by atomic mass is 35.5. The van der Waals surface area contributed by atoms with Gasteiger partial charge in [-0.1, -0.05) is 6.92 Å².